The Labute approximate surface area is 114 Å². The molecule has 1 rings (SSSR count). The van der Waals surface area contributed by atoms with Gasteiger partial charge in [0.15, 0.2) is 0 Å². The maximum Gasteiger partial charge on any atom is 0.150 e. The third-order valence-electron chi connectivity index (χ3n) is 3.04. The fourth-order valence-corrected chi connectivity index (χ4v) is 3.00. The molecule has 2 N–H and O–H groups in total. The molecule has 1 aromatic carbocycles. The highest BCUT2D eigenvalue weighted by atomic mass is 35.5. The molecule has 1 atom stereocenters. The van der Waals surface area contributed by atoms with Gasteiger partial charge in [0.1, 0.15) is 9.84 Å². The highest BCUT2D eigenvalue weighted by Gasteiger charge is 2.12. The molecular weight excluding hydrogens is 270 g/mol. The van der Waals surface area contributed by atoms with E-state index in [0.717, 1.165) is 11.1 Å². The Balaban J connectivity index is 2.58. The Morgan fingerprint density at radius 1 is 1.39 bits per heavy atom. The Hall–Kier alpha value is -0.580. The second-order valence-corrected chi connectivity index (χ2v) is 7.40. The van der Waals surface area contributed by atoms with Gasteiger partial charge in [-0.15, -0.1) is 0 Å². The number of nitrogens with two attached hydrogens (primary N) is 1. The largest absolute Gasteiger partial charge is 0.324 e. The Kier molecular flexibility index (Phi) is 5.63. The smallest absolute Gasteiger partial charge is 0.150 e. The van der Waals surface area contributed by atoms with Crippen LogP contribution in [0.15, 0.2) is 18.2 Å². The number of benzene rings is 1. The molecule has 0 aliphatic carbocycles. The molecule has 18 heavy (non-hydrogen) atoms. The summed E-state index contributed by atoms with van der Waals surface area (Å²) in [5, 5.41) is 0.692. The standard InChI is InChI=1S/C13H20ClNO2S/c1-3-18(16,17)8-4-5-13(15)12-7-6-11(14)9-10(12)2/h6-7,9,13H,3-5,8,15H2,1-2H3. The molecule has 0 saturated carbocycles. The van der Waals surface area contributed by atoms with Crippen molar-refractivity contribution >= 4 is 21.4 Å². The second kappa shape index (κ2) is 6.55. The maximum atomic E-state index is 11.4. The molecule has 0 amide bonds. The SMILES string of the molecule is CCS(=O)(=O)CCCC(N)c1ccc(Cl)cc1C. The van der Waals surface area contributed by atoms with Gasteiger partial charge in [0.25, 0.3) is 0 Å². The molecular formula is C13H20ClNO2S. The van der Waals surface area contributed by atoms with Gasteiger partial charge in [-0.1, -0.05) is 24.6 Å². The molecule has 0 spiro atoms. The van der Waals surface area contributed by atoms with E-state index in [2.05, 4.69) is 0 Å². The summed E-state index contributed by atoms with van der Waals surface area (Å²) in [5.41, 5.74) is 8.16. The summed E-state index contributed by atoms with van der Waals surface area (Å²) in [6.45, 7) is 3.63. The van der Waals surface area contributed by atoms with Gasteiger partial charge in [-0.3, -0.25) is 0 Å². The Bertz CT molecular complexity index is 500. The van der Waals surface area contributed by atoms with Crippen molar-refractivity contribution in [2.75, 3.05) is 11.5 Å². The van der Waals surface area contributed by atoms with Crippen LogP contribution in [0.5, 0.6) is 0 Å². The van der Waals surface area contributed by atoms with Gasteiger partial charge in [0.05, 0.1) is 5.75 Å². The maximum absolute atomic E-state index is 11.4. The number of halogens is 1. The number of aryl methyl sites for hydroxylation is 1. The predicted molar refractivity (Wildman–Crippen MR) is 76.7 cm³/mol. The molecule has 1 unspecified atom stereocenters. The topological polar surface area (TPSA) is 60.2 Å². The predicted octanol–water partition coefficient (Wildman–Crippen LogP) is 2.86. The number of hydrogen-bond donors (Lipinski definition) is 1. The minimum atomic E-state index is -2.89. The van der Waals surface area contributed by atoms with Crippen LogP contribution in [0.2, 0.25) is 5.02 Å². The van der Waals surface area contributed by atoms with E-state index in [4.69, 9.17) is 17.3 Å². The molecule has 1 aromatic rings. The van der Waals surface area contributed by atoms with Crippen LogP contribution in [0, 0.1) is 6.92 Å². The van der Waals surface area contributed by atoms with Gasteiger partial charge in [0.2, 0.25) is 0 Å². The highest BCUT2D eigenvalue weighted by Crippen LogP contribution is 2.23. The van der Waals surface area contributed by atoms with Crippen LogP contribution in [0.1, 0.15) is 36.9 Å². The van der Waals surface area contributed by atoms with Crippen molar-refractivity contribution in [2.45, 2.75) is 32.7 Å². The zero-order valence-electron chi connectivity index (χ0n) is 10.8. The van der Waals surface area contributed by atoms with E-state index in [-0.39, 0.29) is 17.5 Å². The van der Waals surface area contributed by atoms with Crippen LogP contribution >= 0.6 is 11.6 Å². The number of hydrogen-bond acceptors (Lipinski definition) is 3. The van der Waals surface area contributed by atoms with E-state index in [1.807, 2.05) is 25.1 Å². The lowest BCUT2D eigenvalue weighted by Crippen LogP contribution is -2.15. The normalized spacial score (nSPS) is 13.6. The minimum Gasteiger partial charge on any atom is -0.324 e. The summed E-state index contributed by atoms with van der Waals surface area (Å²) in [4.78, 5) is 0. The molecule has 5 heteroatoms. The lowest BCUT2D eigenvalue weighted by Gasteiger charge is -2.14. The van der Waals surface area contributed by atoms with Gasteiger partial charge < -0.3 is 5.73 Å². The van der Waals surface area contributed by atoms with Crippen molar-refractivity contribution < 1.29 is 8.42 Å². The minimum absolute atomic E-state index is 0.130. The first-order valence-corrected chi connectivity index (χ1v) is 8.27. The molecule has 0 bridgehead atoms. The fraction of sp³-hybridized carbons (Fsp3) is 0.538. The summed E-state index contributed by atoms with van der Waals surface area (Å²) in [5.74, 6) is 0.409. The molecule has 3 nitrogen and oxygen atoms in total. The second-order valence-electron chi connectivity index (χ2n) is 4.49. The Morgan fingerprint density at radius 2 is 2.06 bits per heavy atom. The molecule has 0 heterocycles. The fourth-order valence-electron chi connectivity index (χ4n) is 1.88. The van der Waals surface area contributed by atoms with Crippen molar-refractivity contribution in [1.29, 1.82) is 0 Å². The monoisotopic (exact) mass is 289 g/mol. The number of rotatable bonds is 6. The van der Waals surface area contributed by atoms with Gasteiger partial charge in [-0.25, -0.2) is 8.42 Å². The van der Waals surface area contributed by atoms with Gasteiger partial charge in [-0.2, -0.15) is 0 Å². The summed E-state index contributed by atoms with van der Waals surface area (Å²) in [6.07, 6.45) is 1.26. The first-order chi connectivity index (χ1) is 8.35. The molecule has 0 saturated heterocycles. The van der Waals surface area contributed by atoms with E-state index in [9.17, 15) is 8.42 Å². The molecule has 0 aliphatic heterocycles. The van der Waals surface area contributed by atoms with E-state index in [1.54, 1.807) is 6.92 Å². The van der Waals surface area contributed by atoms with Crippen molar-refractivity contribution in [1.82, 2.24) is 0 Å². The molecule has 0 fully saturated rings. The molecule has 0 aromatic heterocycles. The third-order valence-corrected chi connectivity index (χ3v) is 5.07. The zero-order valence-corrected chi connectivity index (χ0v) is 12.4. The van der Waals surface area contributed by atoms with E-state index in [0.29, 0.717) is 17.9 Å². The van der Waals surface area contributed by atoms with Crippen LogP contribution in [0.25, 0.3) is 0 Å². The van der Waals surface area contributed by atoms with E-state index in [1.165, 1.54) is 0 Å². The first-order valence-electron chi connectivity index (χ1n) is 6.08. The lowest BCUT2D eigenvalue weighted by atomic mass is 9.99. The highest BCUT2D eigenvalue weighted by molar-refractivity contribution is 7.91. The van der Waals surface area contributed by atoms with E-state index >= 15 is 0 Å². The third kappa shape index (κ3) is 4.59. The van der Waals surface area contributed by atoms with Gasteiger partial charge in [-0.05, 0) is 43.0 Å². The molecule has 0 radical (unpaired) electrons. The van der Waals surface area contributed by atoms with Crippen LogP contribution in [-0.2, 0) is 9.84 Å². The average Bonchev–Trinajstić information content (AvgIpc) is 2.28. The van der Waals surface area contributed by atoms with Crippen molar-refractivity contribution in [2.24, 2.45) is 5.73 Å². The van der Waals surface area contributed by atoms with Crippen molar-refractivity contribution in [3.8, 4) is 0 Å². The summed E-state index contributed by atoms with van der Waals surface area (Å²) in [7, 11) is -2.89. The first kappa shape index (κ1) is 15.5. The zero-order chi connectivity index (χ0) is 13.8. The molecule has 102 valence electrons. The summed E-state index contributed by atoms with van der Waals surface area (Å²) >= 11 is 5.88. The van der Waals surface area contributed by atoms with Gasteiger partial charge >= 0.3 is 0 Å². The average molecular weight is 290 g/mol. The summed E-state index contributed by atoms with van der Waals surface area (Å²) < 4.78 is 22.7. The quantitative estimate of drug-likeness (QED) is 0.876. The van der Waals surface area contributed by atoms with Crippen LogP contribution in [0.4, 0.5) is 0 Å². The van der Waals surface area contributed by atoms with Crippen LogP contribution < -0.4 is 5.73 Å². The van der Waals surface area contributed by atoms with Crippen molar-refractivity contribution in [3.05, 3.63) is 34.3 Å². The van der Waals surface area contributed by atoms with Gasteiger partial charge in [0, 0.05) is 16.8 Å². The van der Waals surface area contributed by atoms with Crippen molar-refractivity contribution in [3.63, 3.8) is 0 Å². The lowest BCUT2D eigenvalue weighted by molar-refractivity contribution is 0.583. The van der Waals surface area contributed by atoms with Crippen LogP contribution in [0.3, 0.4) is 0 Å². The van der Waals surface area contributed by atoms with Crippen LogP contribution in [-0.4, -0.2) is 19.9 Å². The number of sulfone groups is 1. The Morgan fingerprint density at radius 3 is 2.61 bits per heavy atom. The summed E-state index contributed by atoms with van der Waals surface area (Å²) in [6, 6.07) is 5.47. The molecule has 0 aliphatic rings. The van der Waals surface area contributed by atoms with E-state index < -0.39 is 9.84 Å².